The smallest absolute Gasteiger partial charge is 0.273 e. The Morgan fingerprint density at radius 2 is 1.86 bits per heavy atom. The minimum Gasteiger partial charge on any atom is -0.311 e. The first-order valence-electron chi connectivity index (χ1n) is 7.42. The predicted octanol–water partition coefficient (Wildman–Crippen LogP) is 2.68. The maximum atomic E-state index is 12.2. The Morgan fingerprint density at radius 1 is 1.14 bits per heavy atom. The number of H-pyrrole nitrogens is 1. The lowest BCUT2D eigenvalue weighted by atomic mass is 9.89. The third kappa shape index (κ3) is 3.07. The molecule has 0 spiro atoms. The van der Waals surface area contributed by atoms with Gasteiger partial charge in [-0.3, -0.25) is 14.7 Å². The Kier molecular flexibility index (Phi) is 3.90. The van der Waals surface area contributed by atoms with Crippen molar-refractivity contribution < 1.29 is 4.79 Å². The number of carbonyl (C=O) groups is 1. The van der Waals surface area contributed by atoms with Gasteiger partial charge in [0.1, 0.15) is 5.82 Å². The summed E-state index contributed by atoms with van der Waals surface area (Å²) in [6, 6.07) is 10.7. The van der Waals surface area contributed by atoms with Crippen LogP contribution in [0.2, 0.25) is 0 Å². The second kappa shape index (κ2) is 5.99. The van der Waals surface area contributed by atoms with Crippen LogP contribution in [0.3, 0.4) is 0 Å². The molecule has 0 aliphatic heterocycles. The highest BCUT2D eigenvalue weighted by Gasteiger charge is 2.21. The molecule has 2 N–H and O–H groups in total. The maximum Gasteiger partial charge on any atom is 0.273 e. The van der Waals surface area contributed by atoms with E-state index in [1.165, 1.54) is 17.2 Å². The van der Waals surface area contributed by atoms with Crippen LogP contribution < -0.4 is 10.9 Å². The van der Waals surface area contributed by atoms with Crippen LogP contribution >= 0.6 is 0 Å². The van der Waals surface area contributed by atoms with Crippen molar-refractivity contribution in [2.75, 3.05) is 5.32 Å². The van der Waals surface area contributed by atoms with Gasteiger partial charge in [0, 0.05) is 12.0 Å². The van der Waals surface area contributed by atoms with Crippen LogP contribution in [0.25, 0.3) is 5.69 Å². The molecule has 3 rings (SSSR count). The molecule has 0 bridgehead atoms. The first kappa shape index (κ1) is 13.7. The van der Waals surface area contributed by atoms with Gasteiger partial charge in [-0.05, 0) is 25.0 Å². The van der Waals surface area contributed by atoms with Gasteiger partial charge >= 0.3 is 0 Å². The number of aromatic nitrogens is 2. The number of nitrogens with zero attached hydrogens (tertiary/aromatic N) is 1. The van der Waals surface area contributed by atoms with Crippen LogP contribution in [0.5, 0.6) is 0 Å². The molecule has 1 fully saturated rings. The summed E-state index contributed by atoms with van der Waals surface area (Å²) in [4.78, 5) is 24.2. The molecule has 5 nitrogen and oxygen atoms in total. The van der Waals surface area contributed by atoms with Crippen LogP contribution in [0.1, 0.15) is 32.1 Å². The Labute approximate surface area is 123 Å². The van der Waals surface area contributed by atoms with Gasteiger partial charge in [-0.15, -0.1) is 0 Å². The molecule has 110 valence electrons. The molecule has 1 heterocycles. The molecule has 2 aromatic rings. The van der Waals surface area contributed by atoms with Gasteiger partial charge in [0.15, 0.2) is 0 Å². The fourth-order valence-electron chi connectivity index (χ4n) is 2.83. The summed E-state index contributed by atoms with van der Waals surface area (Å²) in [5.74, 6) is 0.540. The highest BCUT2D eigenvalue weighted by Crippen LogP contribution is 2.24. The number of hydrogen-bond donors (Lipinski definition) is 2. The first-order chi connectivity index (χ1) is 10.2. The quantitative estimate of drug-likeness (QED) is 0.910. The summed E-state index contributed by atoms with van der Waals surface area (Å²) in [6.45, 7) is 0. The lowest BCUT2D eigenvalue weighted by Gasteiger charge is -2.20. The van der Waals surface area contributed by atoms with Crippen LogP contribution in [0, 0.1) is 5.92 Å². The second-order valence-corrected chi connectivity index (χ2v) is 5.50. The van der Waals surface area contributed by atoms with Crippen LogP contribution in [0.15, 0.2) is 41.2 Å². The largest absolute Gasteiger partial charge is 0.311 e. The van der Waals surface area contributed by atoms with Gasteiger partial charge < -0.3 is 5.32 Å². The second-order valence-electron chi connectivity index (χ2n) is 5.50. The number of benzene rings is 1. The highest BCUT2D eigenvalue weighted by molar-refractivity contribution is 5.91. The molecular weight excluding hydrogens is 266 g/mol. The Hall–Kier alpha value is -2.30. The van der Waals surface area contributed by atoms with Gasteiger partial charge in [0.2, 0.25) is 5.91 Å². The van der Waals surface area contributed by atoms with Crippen LogP contribution in [0.4, 0.5) is 5.82 Å². The number of carbonyl (C=O) groups excluding carboxylic acids is 1. The molecule has 5 heteroatoms. The van der Waals surface area contributed by atoms with Crippen molar-refractivity contribution in [1.82, 2.24) is 9.78 Å². The lowest BCUT2D eigenvalue weighted by Crippen LogP contribution is -2.24. The molecule has 0 atom stereocenters. The van der Waals surface area contributed by atoms with E-state index in [0.717, 1.165) is 31.4 Å². The van der Waals surface area contributed by atoms with Crippen LogP contribution in [-0.4, -0.2) is 15.7 Å². The number of para-hydroxylation sites is 1. The monoisotopic (exact) mass is 285 g/mol. The van der Waals surface area contributed by atoms with Crippen molar-refractivity contribution in [1.29, 1.82) is 0 Å². The number of hydrogen-bond acceptors (Lipinski definition) is 2. The fourth-order valence-corrected chi connectivity index (χ4v) is 2.83. The molecule has 0 unspecified atom stereocenters. The highest BCUT2D eigenvalue weighted by atomic mass is 16.2. The normalized spacial score (nSPS) is 15.8. The number of aromatic amines is 1. The third-order valence-corrected chi connectivity index (χ3v) is 3.97. The van der Waals surface area contributed by atoms with Crippen molar-refractivity contribution in [3.05, 3.63) is 46.8 Å². The number of nitrogens with one attached hydrogen (secondary N) is 2. The van der Waals surface area contributed by atoms with Crippen LogP contribution in [-0.2, 0) is 4.79 Å². The fraction of sp³-hybridized carbons (Fsp3) is 0.375. The van der Waals surface area contributed by atoms with Crippen molar-refractivity contribution in [3.8, 4) is 5.69 Å². The van der Waals surface area contributed by atoms with E-state index in [1.807, 2.05) is 30.3 Å². The summed E-state index contributed by atoms with van der Waals surface area (Å²) in [5, 5.41) is 5.77. The van der Waals surface area contributed by atoms with E-state index in [2.05, 4.69) is 10.4 Å². The van der Waals surface area contributed by atoms with E-state index in [-0.39, 0.29) is 17.4 Å². The number of anilines is 1. The average Bonchev–Trinajstić information content (AvgIpc) is 2.89. The molecule has 1 aliphatic carbocycles. The topological polar surface area (TPSA) is 66.9 Å². The van der Waals surface area contributed by atoms with Gasteiger partial charge in [0.05, 0.1) is 5.69 Å². The van der Waals surface area contributed by atoms with E-state index >= 15 is 0 Å². The van der Waals surface area contributed by atoms with Gasteiger partial charge in [-0.25, -0.2) is 4.68 Å². The Morgan fingerprint density at radius 3 is 2.57 bits per heavy atom. The van der Waals surface area contributed by atoms with Crippen molar-refractivity contribution >= 4 is 11.7 Å². The SMILES string of the molecule is O=C(Nc1cc(=O)n(-c2ccccc2)[nH]1)C1CCCCC1. The average molecular weight is 285 g/mol. The third-order valence-electron chi connectivity index (χ3n) is 3.97. The molecular formula is C16H19N3O2. The van der Waals surface area contributed by atoms with E-state index in [9.17, 15) is 9.59 Å². The first-order valence-corrected chi connectivity index (χ1v) is 7.42. The zero-order chi connectivity index (χ0) is 14.7. The molecule has 1 aromatic heterocycles. The zero-order valence-electron chi connectivity index (χ0n) is 11.8. The van der Waals surface area contributed by atoms with Crippen molar-refractivity contribution in [2.45, 2.75) is 32.1 Å². The molecule has 1 aromatic carbocycles. The number of amides is 1. The summed E-state index contributed by atoms with van der Waals surface area (Å²) in [6.07, 6.45) is 5.31. The van der Waals surface area contributed by atoms with Gasteiger partial charge in [-0.1, -0.05) is 37.5 Å². The molecule has 0 saturated heterocycles. The molecule has 21 heavy (non-hydrogen) atoms. The standard InChI is InChI=1S/C16H19N3O2/c20-15-11-14(17-16(21)12-7-3-1-4-8-12)18-19(15)13-9-5-2-6-10-13/h2,5-6,9-12,18H,1,3-4,7-8H2,(H,17,21). The summed E-state index contributed by atoms with van der Waals surface area (Å²) in [7, 11) is 0. The molecule has 1 saturated carbocycles. The minimum atomic E-state index is -0.180. The number of rotatable bonds is 3. The van der Waals surface area contributed by atoms with E-state index in [1.54, 1.807) is 0 Å². The Balaban J connectivity index is 1.75. The van der Waals surface area contributed by atoms with Crippen molar-refractivity contribution in [2.24, 2.45) is 5.92 Å². The molecule has 1 amide bonds. The van der Waals surface area contributed by atoms with Gasteiger partial charge in [-0.2, -0.15) is 0 Å². The summed E-state index contributed by atoms with van der Waals surface area (Å²) in [5.41, 5.74) is 0.570. The predicted molar refractivity (Wildman–Crippen MR) is 81.6 cm³/mol. The minimum absolute atomic E-state index is 0.0103. The van der Waals surface area contributed by atoms with E-state index < -0.39 is 0 Å². The maximum absolute atomic E-state index is 12.2. The van der Waals surface area contributed by atoms with E-state index in [4.69, 9.17) is 0 Å². The molecule has 1 aliphatic rings. The lowest BCUT2D eigenvalue weighted by molar-refractivity contribution is -0.120. The zero-order valence-corrected chi connectivity index (χ0v) is 11.8. The summed E-state index contributed by atoms with van der Waals surface area (Å²) < 4.78 is 1.43. The summed E-state index contributed by atoms with van der Waals surface area (Å²) >= 11 is 0. The van der Waals surface area contributed by atoms with Crippen molar-refractivity contribution in [3.63, 3.8) is 0 Å². The van der Waals surface area contributed by atoms with E-state index in [0.29, 0.717) is 5.82 Å². The Bertz CT molecular complexity index is 666. The van der Waals surface area contributed by atoms with Gasteiger partial charge in [0.25, 0.3) is 5.56 Å². The molecule has 0 radical (unpaired) electrons.